The quantitative estimate of drug-likeness (QED) is 0.897. The van der Waals surface area contributed by atoms with Crippen LogP contribution in [0.4, 0.5) is 0 Å². The fourth-order valence-electron chi connectivity index (χ4n) is 1.86. The van der Waals surface area contributed by atoms with E-state index in [1.165, 1.54) is 0 Å². The lowest BCUT2D eigenvalue weighted by Crippen LogP contribution is -2.13. The minimum atomic E-state index is -0.842. The van der Waals surface area contributed by atoms with E-state index in [-0.39, 0.29) is 6.04 Å². The molecule has 0 saturated heterocycles. The van der Waals surface area contributed by atoms with Crippen molar-refractivity contribution in [2.75, 3.05) is 7.11 Å². The molecule has 0 aromatic carbocycles. The number of aliphatic hydroxyl groups is 1. The zero-order chi connectivity index (χ0) is 13.1. The van der Waals surface area contributed by atoms with E-state index in [1.807, 2.05) is 26.0 Å². The predicted octanol–water partition coefficient (Wildman–Crippen LogP) is 1.95. The number of ether oxygens (including phenoxy) is 1. The number of pyridine rings is 1. The maximum absolute atomic E-state index is 10.4. The third kappa shape index (κ3) is 2.22. The van der Waals surface area contributed by atoms with Gasteiger partial charge in [0.25, 0.3) is 0 Å². The van der Waals surface area contributed by atoms with Gasteiger partial charge in [0.05, 0.1) is 19.0 Å². The minimum absolute atomic E-state index is 0.141. The largest absolute Gasteiger partial charge is 0.493 e. The van der Waals surface area contributed by atoms with Gasteiger partial charge in [-0.1, -0.05) is 6.07 Å². The number of hydrogen-bond donors (Lipinski definition) is 1. The average Bonchev–Trinajstić information content (AvgIpc) is 2.82. The fourth-order valence-corrected chi connectivity index (χ4v) is 1.86. The molecule has 1 N–H and O–H groups in total. The summed E-state index contributed by atoms with van der Waals surface area (Å²) < 4.78 is 7.00. The number of hydrogen-bond acceptors (Lipinski definition) is 4. The van der Waals surface area contributed by atoms with Gasteiger partial charge in [0.1, 0.15) is 11.8 Å². The van der Waals surface area contributed by atoms with E-state index in [1.54, 1.807) is 30.3 Å². The highest BCUT2D eigenvalue weighted by Gasteiger charge is 2.23. The van der Waals surface area contributed by atoms with Crippen LogP contribution in [0.5, 0.6) is 5.75 Å². The van der Waals surface area contributed by atoms with Crippen LogP contribution in [-0.2, 0) is 0 Å². The molecule has 0 aliphatic rings. The summed E-state index contributed by atoms with van der Waals surface area (Å²) in [4.78, 5) is 4.16. The van der Waals surface area contributed by atoms with Gasteiger partial charge in [-0.15, -0.1) is 0 Å². The first-order chi connectivity index (χ1) is 8.65. The molecule has 0 radical (unpaired) electrons. The van der Waals surface area contributed by atoms with E-state index in [0.29, 0.717) is 17.1 Å². The molecule has 2 aromatic heterocycles. The van der Waals surface area contributed by atoms with Gasteiger partial charge in [-0.05, 0) is 26.0 Å². The average molecular weight is 247 g/mol. The van der Waals surface area contributed by atoms with Crippen molar-refractivity contribution in [2.45, 2.75) is 26.0 Å². The summed E-state index contributed by atoms with van der Waals surface area (Å²) in [6.07, 6.45) is 2.42. The summed E-state index contributed by atoms with van der Waals surface area (Å²) in [7, 11) is 1.57. The molecule has 5 heteroatoms. The molecular formula is C13H17N3O2. The Morgan fingerprint density at radius 1 is 1.33 bits per heavy atom. The van der Waals surface area contributed by atoms with Crippen molar-refractivity contribution in [1.82, 2.24) is 14.8 Å². The summed E-state index contributed by atoms with van der Waals surface area (Å²) in [6, 6.07) is 5.57. The molecule has 18 heavy (non-hydrogen) atoms. The molecule has 0 saturated carbocycles. The first kappa shape index (κ1) is 12.6. The topological polar surface area (TPSA) is 60.2 Å². The van der Waals surface area contributed by atoms with E-state index in [9.17, 15) is 5.11 Å². The number of rotatable bonds is 4. The molecule has 0 fully saturated rings. The van der Waals surface area contributed by atoms with Crippen LogP contribution >= 0.6 is 0 Å². The molecule has 2 aromatic rings. The summed E-state index contributed by atoms with van der Waals surface area (Å²) in [5.74, 6) is 0.571. The second-order valence-electron chi connectivity index (χ2n) is 4.29. The van der Waals surface area contributed by atoms with Crippen LogP contribution in [0.1, 0.15) is 37.4 Å². The van der Waals surface area contributed by atoms with Gasteiger partial charge in [-0.3, -0.25) is 9.67 Å². The van der Waals surface area contributed by atoms with Gasteiger partial charge in [0.2, 0.25) is 0 Å². The Morgan fingerprint density at radius 2 is 2.11 bits per heavy atom. The molecule has 0 aliphatic heterocycles. The van der Waals surface area contributed by atoms with Gasteiger partial charge in [0, 0.05) is 12.2 Å². The highest BCUT2D eigenvalue weighted by atomic mass is 16.5. The highest BCUT2D eigenvalue weighted by Crippen LogP contribution is 2.30. The number of aromatic nitrogens is 3. The zero-order valence-corrected chi connectivity index (χ0v) is 10.7. The molecule has 1 atom stereocenters. The number of aliphatic hydroxyl groups excluding tert-OH is 1. The maximum atomic E-state index is 10.4. The minimum Gasteiger partial charge on any atom is -0.493 e. The lowest BCUT2D eigenvalue weighted by atomic mass is 10.1. The van der Waals surface area contributed by atoms with Crippen LogP contribution < -0.4 is 4.74 Å². The molecule has 1 unspecified atom stereocenters. The van der Waals surface area contributed by atoms with E-state index in [0.717, 1.165) is 0 Å². The van der Waals surface area contributed by atoms with Gasteiger partial charge in [-0.2, -0.15) is 5.10 Å². The molecule has 0 spiro atoms. The molecule has 0 aliphatic carbocycles. The summed E-state index contributed by atoms with van der Waals surface area (Å²) in [5.41, 5.74) is 1.21. The Balaban J connectivity index is 2.46. The SMILES string of the molecule is COc1cnn(C(C)C)c1C(O)c1ccccn1. The first-order valence-electron chi connectivity index (χ1n) is 5.85. The van der Waals surface area contributed by atoms with Crippen molar-refractivity contribution >= 4 is 0 Å². The molecule has 5 nitrogen and oxygen atoms in total. The maximum Gasteiger partial charge on any atom is 0.163 e. The third-order valence-corrected chi connectivity index (χ3v) is 2.73. The Hall–Kier alpha value is -1.88. The molecule has 2 rings (SSSR count). The van der Waals surface area contributed by atoms with Crippen molar-refractivity contribution in [2.24, 2.45) is 0 Å². The monoisotopic (exact) mass is 247 g/mol. The van der Waals surface area contributed by atoms with E-state index < -0.39 is 6.10 Å². The molecule has 96 valence electrons. The second-order valence-corrected chi connectivity index (χ2v) is 4.29. The smallest absolute Gasteiger partial charge is 0.163 e. The standard InChI is InChI=1S/C13H17N3O2/c1-9(2)16-12(11(18-3)8-15-16)13(17)10-6-4-5-7-14-10/h4-9,13,17H,1-3H3. The normalized spacial score (nSPS) is 12.7. The Morgan fingerprint density at radius 3 is 2.67 bits per heavy atom. The Bertz CT molecular complexity index is 508. The summed E-state index contributed by atoms with van der Waals surface area (Å²) >= 11 is 0. The summed E-state index contributed by atoms with van der Waals surface area (Å²) in [6.45, 7) is 4.00. The predicted molar refractivity (Wildman–Crippen MR) is 67.5 cm³/mol. The molecule has 0 bridgehead atoms. The van der Waals surface area contributed by atoms with E-state index in [4.69, 9.17) is 4.74 Å². The van der Waals surface area contributed by atoms with Crippen molar-refractivity contribution < 1.29 is 9.84 Å². The van der Waals surface area contributed by atoms with Crippen LogP contribution in [0, 0.1) is 0 Å². The first-order valence-corrected chi connectivity index (χ1v) is 5.85. The van der Waals surface area contributed by atoms with Crippen molar-refractivity contribution in [3.8, 4) is 5.75 Å². The Labute approximate surface area is 106 Å². The van der Waals surface area contributed by atoms with Crippen LogP contribution in [0.25, 0.3) is 0 Å². The van der Waals surface area contributed by atoms with Gasteiger partial charge in [0.15, 0.2) is 5.75 Å². The van der Waals surface area contributed by atoms with Crippen LogP contribution in [0.15, 0.2) is 30.6 Å². The van der Waals surface area contributed by atoms with Crippen molar-refractivity contribution in [1.29, 1.82) is 0 Å². The van der Waals surface area contributed by atoms with Gasteiger partial charge in [-0.25, -0.2) is 0 Å². The summed E-state index contributed by atoms with van der Waals surface area (Å²) in [5, 5.41) is 14.7. The van der Waals surface area contributed by atoms with E-state index in [2.05, 4.69) is 10.1 Å². The lowest BCUT2D eigenvalue weighted by Gasteiger charge is -2.16. The molecular weight excluding hydrogens is 230 g/mol. The zero-order valence-electron chi connectivity index (χ0n) is 10.7. The van der Waals surface area contributed by atoms with Gasteiger partial charge >= 0.3 is 0 Å². The van der Waals surface area contributed by atoms with Crippen LogP contribution in [0.3, 0.4) is 0 Å². The van der Waals surface area contributed by atoms with Crippen molar-refractivity contribution in [3.63, 3.8) is 0 Å². The molecule has 0 amide bonds. The van der Waals surface area contributed by atoms with Crippen LogP contribution in [-0.4, -0.2) is 27.0 Å². The number of methoxy groups -OCH3 is 1. The second kappa shape index (κ2) is 5.18. The Kier molecular flexibility index (Phi) is 3.62. The van der Waals surface area contributed by atoms with E-state index >= 15 is 0 Å². The lowest BCUT2D eigenvalue weighted by molar-refractivity contribution is 0.195. The molecule has 2 heterocycles. The van der Waals surface area contributed by atoms with Crippen LogP contribution in [0.2, 0.25) is 0 Å². The highest BCUT2D eigenvalue weighted by molar-refractivity contribution is 5.32. The third-order valence-electron chi connectivity index (χ3n) is 2.73. The fraction of sp³-hybridized carbons (Fsp3) is 0.385. The number of nitrogens with zero attached hydrogens (tertiary/aromatic N) is 3. The van der Waals surface area contributed by atoms with Crippen molar-refractivity contribution in [3.05, 3.63) is 42.0 Å². The van der Waals surface area contributed by atoms with Gasteiger partial charge < -0.3 is 9.84 Å².